The van der Waals surface area contributed by atoms with E-state index >= 15 is 0 Å². The zero-order valence-corrected chi connectivity index (χ0v) is 10.5. The van der Waals surface area contributed by atoms with Crippen LogP contribution >= 0.6 is 0 Å². The maximum Gasteiger partial charge on any atom is 0.229 e. The summed E-state index contributed by atoms with van der Waals surface area (Å²) >= 11 is 0. The molecule has 6 atom stereocenters. The minimum atomic E-state index is -1.34. The molecule has 1 aromatic rings. The van der Waals surface area contributed by atoms with Crippen molar-refractivity contribution in [1.29, 1.82) is 0 Å². The van der Waals surface area contributed by atoms with Crippen LogP contribution in [0.5, 0.6) is 5.75 Å². The molecule has 0 amide bonds. The largest absolute Gasteiger partial charge is 0.461 e. The first-order valence-corrected chi connectivity index (χ1v) is 6.33. The average Bonchev–Trinajstić information content (AvgIpc) is 2.60. The van der Waals surface area contributed by atoms with Crippen molar-refractivity contribution in [3.63, 3.8) is 0 Å². The Labute approximate surface area is 114 Å². The predicted octanol–water partition coefficient (Wildman–Crippen LogP) is -1.11. The molecule has 2 heterocycles. The number of aliphatic hydroxyl groups is 4. The van der Waals surface area contributed by atoms with Gasteiger partial charge < -0.3 is 34.6 Å². The molecular formula is C13H16O7. The lowest BCUT2D eigenvalue weighted by Gasteiger charge is -2.40. The van der Waals surface area contributed by atoms with E-state index < -0.39 is 43.6 Å². The van der Waals surface area contributed by atoms with Crippen LogP contribution in [-0.4, -0.2) is 57.7 Å². The van der Waals surface area contributed by atoms with Crippen LogP contribution in [0.25, 0.3) is 0 Å². The molecule has 0 bridgehead atoms. The molecule has 20 heavy (non-hydrogen) atoms. The number of para-hydroxylation sites is 1. The first kappa shape index (κ1) is 13.7. The maximum absolute atomic E-state index is 10.0. The van der Waals surface area contributed by atoms with Gasteiger partial charge in [-0.1, -0.05) is 18.2 Å². The zero-order valence-electron chi connectivity index (χ0n) is 10.5. The number of aliphatic hydroxyl groups excluding tert-OH is 4. The number of ether oxygens (including phenoxy) is 3. The van der Waals surface area contributed by atoms with Crippen LogP contribution in [0, 0.1) is 0 Å². The van der Waals surface area contributed by atoms with E-state index in [4.69, 9.17) is 19.3 Å². The summed E-state index contributed by atoms with van der Waals surface area (Å²) in [5.74, 6) is 0.368. The molecule has 7 nitrogen and oxygen atoms in total. The second kappa shape index (κ2) is 5.28. The minimum absolute atomic E-state index is 0.368. The van der Waals surface area contributed by atoms with E-state index in [1.807, 2.05) is 0 Å². The van der Waals surface area contributed by atoms with E-state index in [-0.39, 0.29) is 0 Å². The molecule has 110 valence electrons. The minimum Gasteiger partial charge on any atom is -0.461 e. The van der Waals surface area contributed by atoms with Gasteiger partial charge in [-0.15, -0.1) is 0 Å². The Kier molecular flexibility index (Phi) is 3.63. The highest BCUT2D eigenvalue weighted by molar-refractivity contribution is 5.35. The number of hydrogen-bond acceptors (Lipinski definition) is 7. The zero-order chi connectivity index (χ0) is 14.3. The van der Waals surface area contributed by atoms with Gasteiger partial charge in [0.15, 0.2) is 12.4 Å². The third-order valence-electron chi connectivity index (χ3n) is 3.54. The van der Waals surface area contributed by atoms with Crippen LogP contribution in [0.4, 0.5) is 0 Å². The molecular weight excluding hydrogens is 268 g/mol. The van der Waals surface area contributed by atoms with Crippen LogP contribution < -0.4 is 4.74 Å². The van der Waals surface area contributed by atoms with Crippen LogP contribution in [-0.2, 0) is 9.47 Å². The standard InChI is InChI=1S/C13H16O7/c14-5-8-9(15)10(16)11-13(19-8)18-7-4-2-1-3-6(7)12(17)20-11/h1-4,8-17H,5H2/t8-,9-,10+,11-,12+,13-/m0/s1. The number of rotatable bonds is 1. The monoisotopic (exact) mass is 284 g/mol. The van der Waals surface area contributed by atoms with Gasteiger partial charge in [-0.05, 0) is 6.07 Å². The topological polar surface area (TPSA) is 109 Å². The van der Waals surface area contributed by atoms with E-state index in [0.717, 1.165) is 0 Å². The summed E-state index contributed by atoms with van der Waals surface area (Å²) in [5, 5.41) is 39.0. The quantitative estimate of drug-likeness (QED) is 0.518. The Morgan fingerprint density at radius 3 is 2.50 bits per heavy atom. The second-order valence-corrected chi connectivity index (χ2v) is 4.82. The van der Waals surface area contributed by atoms with Crippen LogP contribution in [0.15, 0.2) is 24.3 Å². The molecule has 1 fully saturated rings. The summed E-state index contributed by atoms with van der Waals surface area (Å²) in [6.07, 6.45) is -7.01. The van der Waals surface area contributed by atoms with E-state index in [0.29, 0.717) is 11.3 Å². The third-order valence-corrected chi connectivity index (χ3v) is 3.54. The van der Waals surface area contributed by atoms with Gasteiger partial charge in [0.05, 0.1) is 6.61 Å². The number of benzene rings is 1. The van der Waals surface area contributed by atoms with E-state index in [9.17, 15) is 15.3 Å². The normalized spacial score (nSPS) is 40.2. The van der Waals surface area contributed by atoms with Gasteiger partial charge in [-0.25, -0.2) is 0 Å². The van der Waals surface area contributed by atoms with E-state index in [1.165, 1.54) is 0 Å². The lowest BCUT2D eigenvalue weighted by molar-refractivity contribution is -0.306. The summed E-state index contributed by atoms with van der Waals surface area (Å²) in [5.41, 5.74) is 0.410. The van der Waals surface area contributed by atoms with Gasteiger partial charge in [-0.2, -0.15) is 0 Å². The van der Waals surface area contributed by atoms with Gasteiger partial charge in [0.2, 0.25) is 6.29 Å². The number of hydrogen-bond donors (Lipinski definition) is 4. The van der Waals surface area contributed by atoms with E-state index in [1.54, 1.807) is 24.3 Å². The predicted molar refractivity (Wildman–Crippen MR) is 64.7 cm³/mol. The fraction of sp³-hybridized carbons (Fsp3) is 0.538. The summed E-state index contributed by atoms with van der Waals surface area (Å²) in [7, 11) is 0. The van der Waals surface area contributed by atoms with Crippen molar-refractivity contribution in [2.75, 3.05) is 6.61 Å². The Morgan fingerprint density at radius 1 is 1.00 bits per heavy atom. The lowest BCUT2D eigenvalue weighted by Crippen LogP contribution is -2.60. The van der Waals surface area contributed by atoms with Gasteiger partial charge >= 0.3 is 0 Å². The smallest absolute Gasteiger partial charge is 0.229 e. The Balaban J connectivity index is 1.92. The van der Waals surface area contributed by atoms with Gasteiger partial charge in [0.25, 0.3) is 0 Å². The van der Waals surface area contributed by atoms with Crippen molar-refractivity contribution in [3.05, 3.63) is 29.8 Å². The van der Waals surface area contributed by atoms with Gasteiger partial charge in [-0.3, -0.25) is 0 Å². The van der Waals surface area contributed by atoms with Crippen molar-refractivity contribution >= 4 is 0 Å². The summed E-state index contributed by atoms with van der Waals surface area (Å²) < 4.78 is 16.3. The Hall–Kier alpha value is -1.22. The van der Waals surface area contributed by atoms with Crippen molar-refractivity contribution < 1.29 is 34.6 Å². The fourth-order valence-corrected chi connectivity index (χ4v) is 2.44. The number of fused-ring (bicyclic) bond motifs is 2. The highest BCUT2D eigenvalue weighted by Crippen LogP contribution is 2.36. The molecule has 1 aromatic carbocycles. The summed E-state index contributed by atoms with van der Waals surface area (Å²) in [6, 6.07) is 6.71. The molecule has 0 aromatic heterocycles. The molecule has 3 rings (SSSR count). The molecule has 2 aliphatic rings. The summed E-state index contributed by atoms with van der Waals surface area (Å²) in [4.78, 5) is 0. The summed E-state index contributed by atoms with van der Waals surface area (Å²) in [6.45, 7) is -0.463. The third kappa shape index (κ3) is 2.18. The first-order valence-electron chi connectivity index (χ1n) is 6.33. The van der Waals surface area contributed by atoms with Crippen molar-refractivity contribution in [2.45, 2.75) is 37.0 Å². The SMILES string of the molecule is OC[C@@H]1O[C@@H]2Oc3ccccc3[C@H](O)O[C@H]2[C@H](O)[C@H]1O. The molecule has 0 unspecified atom stereocenters. The van der Waals surface area contributed by atoms with Gasteiger partial charge in [0, 0.05) is 5.56 Å². The highest BCUT2D eigenvalue weighted by atomic mass is 16.7. The fourth-order valence-electron chi connectivity index (χ4n) is 2.44. The van der Waals surface area contributed by atoms with Crippen LogP contribution in [0.2, 0.25) is 0 Å². The Bertz CT molecular complexity index is 480. The molecule has 2 aliphatic heterocycles. The lowest BCUT2D eigenvalue weighted by atomic mass is 9.99. The molecule has 7 heteroatoms. The maximum atomic E-state index is 10.0. The van der Waals surface area contributed by atoms with Crippen molar-refractivity contribution in [1.82, 2.24) is 0 Å². The van der Waals surface area contributed by atoms with Crippen molar-refractivity contribution in [3.8, 4) is 5.75 Å². The molecule has 0 saturated carbocycles. The van der Waals surface area contributed by atoms with Crippen LogP contribution in [0.3, 0.4) is 0 Å². The van der Waals surface area contributed by atoms with Gasteiger partial charge in [0.1, 0.15) is 24.1 Å². The molecule has 1 saturated heterocycles. The Morgan fingerprint density at radius 2 is 1.75 bits per heavy atom. The van der Waals surface area contributed by atoms with Crippen molar-refractivity contribution in [2.24, 2.45) is 0 Å². The average molecular weight is 284 g/mol. The molecule has 0 aliphatic carbocycles. The van der Waals surface area contributed by atoms with Crippen LogP contribution in [0.1, 0.15) is 11.9 Å². The molecule has 4 N–H and O–H groups in total. The second-order valence-electron chi connectivity index (χ2n) is 4.82. The van der Waals surface area contributed by atoms with E-state index in [2.05, 4.69) is 0 Å². The molecule has 0 radical (unpaired) electrons. The molecule has 0 spiro atoms. The highest BCUT2D eigenvalue weighted by Gasteiger charge is 2.48. The first-order chi connectivity index (χ1) is 9.61.